The number of nitrogens with zero attached hydrogens (tertiary/aromatic N) is 3. The fraction of sp³-hybridized carbons (Fsp3) is 0.435. The van der Waals surface area contributed by atoms with Crippen LogP contribution in [0.4, 0.5) is 13.2 Å². The van der Waals surface area contributed by atoms with Gasteiger partial charge in [-0.2, -0.15) is 0 Å². The minimum atomic E-state index is -0.567. The zero-order chi connectivity index (χ0) is 22.4. The quantitative estimate of drug-likeness (QED) is 0.639. The number of carbonyl (C=O) groups excluding carboxylic acids is 1. The number of carbonyl (C=O) groups is 1. The van der Waals surface area contributed by atoms with Gasteiger partial charge in [0.25, 0.3) is 5.91 Å². The van der Waals surface area contributed by atoms with Crippen LogP contribution in [0.1, 0.15) is 15.9 Å². The van der Waals surface area contributed by atoms with E-state index in [-0.39, 0.29) is 24.1 Å². The van der Waals surface area contributed by atoms with E-state index >= 15 is 0 Å². The van der Waals surface area contributed by atoms with Crippen molar-refractivity contribution >= 4 is 5.91 Å². The number of hydrogen-bond acceptors (Lipinski definition) is 4. The maximum atomic E-state index is 14.0. The van der Waals surface area contributed by atoms with Crippen LogP contribution in [0, 0.1) is 17.5 Å². The summed E-state index contributed by atoms with van der Waals surface area (Å²) in [5.74, 6) is -1.74. The van der Waals surface area contributed by atoms with Crippen molar-refractivity contribution in [3.63, 3.8) is 0 Å². The third kappa shape index (κ3) is 6.53. The van der Waals surface area contributed by atoms with Crippen molar-refractivity contribution in [3.8, 4) is 0 Å². The molecule has 8 heteroatoms. The minimum absolute atomic E-state index is 0.0370. The number of morpholine rings is 1. The van der Waals surface area contributed by atoms with E-state index in [9.17, 15) is 18.0 Å². The molecule has 1 aliphatic heterocycles. The highest BCUT2D eigenvalue weighted by Crippen LogP contribution is 2.18. The molecule has 3 rings (SSSR count). The first kappa shape index (κ1) is 23.2. The van der Waals surface area contributed by atoms with Crippen molar-refractivity contribution in [1.29, 1.82) is 0 Å². The average Bonchev–Trinajstić information content (AvgIpc) is 2.74. The Balaban J connectivity index is 1.68. The average molecular weight is 435 g/mol. The standard InChI is InChI=1S/C23H28F3N3O2/c1-27(2)10-11-29(23(30)17-6-8-18(24)9-7-17)15-19-14-28(12-13-31-19)16-20-21(25)4-3-5-22(20)26/h3-9,19H,10-16H2,1-2H3. The molecule has 1 amide bonds. The van der Waals surface area contributed by atoms with Gasteiger partial charge in [-0.25, -0.2) is 13.2 Å². The summed E-state index contributed by atoms with van der Waals surface area (Å²) < 4.78 is 47.2. The van der Waals surface area contributed by atoms with Crippen molar-refractivity contribution in [3.05, 3.63) is 71.0 Å². The molecular formula is C23H28F3N3O2. The van der Waals surface area contributed by atoms with E-state index in [1.54, 1.807) is 4.90 Å². The highest BCUT2D eigenvalue weighted by molar-refractivity contribution is 5.94. The Hall–Kier alpha value is -2.42. The van der Waals surface area contributed by atoms with E-state index in [1.807, 2.05) is 23.9 Å². The van der Waals surface area contributed by atoms with Crippen LogP contribution in [0.3, 0.4) is 0 Å². The second kappa shape index (κ2) is 10.7. The number of ether oxygens (including phenoxy) is 1. The van der Waals surface area contributed by atoms with Crippen molar-refractivity contribution < 1.29 is 22.7 Å². The Kier molecular flexibility index (Phi) is 8.06. The molecule has 2 aromatic rings. The second-order valence-electron chi connectivity index (χ2n) is 7.99. The predicted molar refractivity (Wildman–Crippen MR) is 112 cm³/mol. The van der Waals surface area contributed by atoms with Gasteiger partial charge < -0.3 is 14.5 Å². The maximum absolute atomic E-state index is 14.0. The van der Waals surface area contributed by atoms with Gasteiger partial charge in [-0.15, -0.1) is 0 Å². The lowest BCUT2D eigenvalue weighted by Gasteiger charge is -2.36. The van der Waals surface area contributed by atoms with Crippen molar-refractivity contribution in [2.24, 2.45) is 0 Å². The smallest absolute Gasteiger partial charge is 0.253 e. The molecule has 1 unspecified atom stereocenters. The lowest BCUT2D eigenvalue weighted by atomic mass is 10.1. The normalized spacial score (nSPS) is 17.2. The molecule has 0 N–H and O–H groups in total. The molecule has 31 heavy (non-hydrogen) atoms. The van der Waals surface area contributed by atoms with Gasteiger partial charge in [0.2, 0.25) is 0 Å². The number of rotatable bonds is 8. The summed E-state index contributed by atoms with van der Waals surface area (Å²) in [6.45, 7) is 3.01. The molecule has 0 aliphatic carbocycles. The summed E-state index contributed by atoms with van der Waals surface area (Å²) in [6.07, 6.45) is -0.296. The first-order valence-corrected chi connectivity index (χ1v) is 10.3. The molecule has 0 spiro atoms. The van der Waals surface area contributed by atoms with Crippen LogP contribution in [0.25, 0.3) is 0 Å². The molecule has 2 aromatic carbocycles. The van der Waals surface area contributed by atoms with Gasteiger partial charge in [0, 0.05) is 50.4 Å². The summed E-state index contributed by atoms with van der Waals surface area (Å²) in [7, 11) is 3.84. The van der Waals surface area contributed by atoms with Crippen molar-refractivity contribution in [2.75, 3.05) is 53.4 Å². The number of benzene rings is 2. The molecular weight excluding hydrogens is 407 g/mol. The molecule has 1 heterocycles. The zero-order valence-corrected chi connectivity index (χ0v) is 17.9. The molecule has 0 saturated carbocycles. The topological polar surface area (TPSA) is 36.0 Å². The molecule has 0 bridgehead atoms. The Morgan fingerprint density at radius 2 is 1.74 bits per heavy atom. The van der Waals surface area contributed by atoms with E-state index in [0.717, 1.165) is 0 Å². The largest absolute Gasteiger partial charge is 0.374 e. The second-order valence-corrected chi connectivity index (χ2v) is 7.99. The summed E-state index contributed by atoms with van der Waals surface area (Å²) in [5.41, 5.74) is 0.441. The van der Waals surface area contributed by atoms with Gasteiger partial charge in [-0.05, 0) is 50.5 Å². The number of amides is 1. The first-order valence-electron chi connectivity index (χ1n) is 10.3. The Labute approximate surface area is 181 Å². The van der Waals surface area contributed by atoms with Gasteiger partial charge in [0.15, 0.2) is 0 Å². The molecule has 5 nitrogen and oxygen atoms in total. The molecule has 0 radical (unpaired) electrons. The summed E-state index contributed by atoms with van der Waals surface area (Å²) in [4.78, 5) is 18.6. The fourth-order valence-electron chi connectivity index (χ4n) is 3.56. The third-order valence-electron chi connectivity index (χ3n) is 5.29. The van der Waals surface area contributed by atoms with Crippen LogP contribution in [0.5, 0.6) is 0 Å². The highest BCUT2D eigenvalue weighted by atomic mass is 19.1. The van der Waals surface area contributed by atoms with Crippen molar-refractivity contribution in [2.45, 2.75) is 12.6 Å². The molecule has 1 saturated heterocycles. The maximum Gasteiger partial charge on any atom is 0.253 e. The van der Waals surface area contributed by atoms with E-state index in [2.05, 4.69) is 0 Å². The fourth-order valence-corrected chi connectivity index (χ4v) is 3.56. The van der Waals surface area contributed by atoms with Gasteiger partial charge in [-0.1, -0.05) is 6.07 Å². The highest BCUT2D eigenvalue weighted by Gasteiger charge is 2.26. The van der Waals surface area contributed by atoms with Crippen LogP contribution in [0.15, 0.2) is 42.5 Å². The summed E-state index contributed by atoms with van der Waals surface area (Å²) in [6, 6.07) is 9.31. The zero-order valence-electron chi connectivity index (χ0n) is 17.9. The van der Waals surface area contributed by atoms with Crippen LogP contribution < -0.4 is 0 Å². The summed E-state index contributed by atoms with van der Waals surface area (Å²) in [5, 5.41) is 0. The third-order valence-corrected chi connectivity index (χ3v) is 5.29. The van der Waals surface area contributed by atoms with Crippen LogP contribution in [-0.2, 0) is 11.3 Å². The number of hydrogen-bond donors (Lipinski definition) is 0. The van der Waals surface area contributed by atoms with Gasteiger partial charge in [0.1, 0.15) is 17.5 Å². The molecule has 1 fully saturated rings. The molecule has 0 aromatic heterocycles. The monoisotopic (exact) mass is 435 g/mol. The van der Waals surface area contributed by atoms with E-state index in [4.69, 9.17) is 4.74 Å². The van der Waals surface area contributed by atoms with Crippen LogP contribution in [0.2, 0.25) is 0 Å². The Morgan fingerprint density at radius 3 is 2.39 bits per heavy atom. The number of halogens is 3. The Bertz CT molecular complexity index is 857. The SMILES string of the molecule is CN(C)CCN(CC1CN(Cc2c(F)cccc2F)CCO1)C(=O)c1ccc(F)cc1. The van der Waals surface area contributed by atoms with E-state index in [0.29, 0.717) is 44.9 Å². The van der Waals surface area contributed by atoms with Gasteiger partial charge in [0.05, 0.1) is 12.7 Å². The summed E-state index contributed by atoms with van der Waals surface area (Å²) >= 11 is 0. The lowest BCUT2D eigenvalue weighted by Crippen LogP contribution is -2.49. The van der Waals surface area contributed by atoms with Gasteiger partial charge in [-0.3, -0.25) is 9.69 Å². The minimum Gasteiger partial charge on any atom is -0.374 e. The Morgan fingerprint density at radius 1 is 1.06 bits per heavy atom. The van der Waals surface area contributed by atoms with E-state index in [1.165, 1.54) is 42.5 Å². The first-order chi connectivity index (χ1) is 14.8. The molecule has 1 aliphatic rings. The van der Waals surface area contributed by atoms with Crippen LogP contribution in [-0.4, -0.2) is 80.1 Å². The van der Waals surface area contributed by atoms with E-state index < -0.39 is 17.5 Å². The van der Waals surface area contributed by atoms with Crippen molar-refractivity contribution in [1.82, 2.24) is 14.7 Å². The predicted octanol–water partition coefficient (Wildman–Crippen LogP) is 3.01. The lowest BCUT2D eigenvalue weighted by molar-refractivity contribution is -0.0437. The number of likely N-dealkylation sites (N-methyl/N-ethyl adjacent to an activating group) is 1. The van der Waals surface area contributed by atoms with Crippen LogP contribution >= 0.6 is 0 Å². The van der Waals surface area contributed by atoms with Gasteiger partial charge >= 0.3 is 0 Å². The molecule has 168 valence electrons. The molecule has 1 atom stereocenters.